The molecular weight excluding hydrogens is 344 g/mol. The number of aldehydes is 1. The number of hydrogen-bond donors (Lipinski definition) is 0. The topological polar surface area (TPSA) is 35.5 Å². The van der Waals surface area contributed by atoms with E-state index in [9.17, 15) is 4.79 Å². The third-order valence-electron chi connectivity index (χ3n) is 5.69. The van der Waals surface area contributed by atoms with Crippen molar-refractivity contribution in [2.24, 2.45) is 0 Å². The summed E-state index contributed by atoms with van der Waals surface area (Å²) in [6.45, 7) is 22.2. The maximum absolute atomic E-state index is 11.2. The van der Waals surface area contributed by atoms with Gasteiger partial charge in [-0.05, 0) is 54.5 Å². The molecule has 0 aliphatic carbocycles. The Balaban J connectivity index is 3.18. The fourth-order valence-electron chi connectivity index (χ4n) is 1.84. The average Bonchev–Trinajstić information content (AvgIpc) is 2.39. The Labute approximate surface area is 156 Å². The molecule has 0 saturated carbocycles. The summed E-state index contributed by atoms with van der Waals surface area (Å²) in [6, 6.07) is 5.94. The minimum Gasteiger partial charge on any atom is -0.543 e. The lowest BCUT2D eigenvalue weighted by molar-refractivity contribution is -0.107. The summed E-state index contributed by atoms with van der Waals surface area (Å²) in [5.41, 5.74) is 0.913. The molecule has 1 rings (SSSR count). The van der Waals surface area contributed by atoms with Crippen LogP contribution in [0.2, 0.25) is 36.3 Å². The van der Waals surface area contributed by atoms with E-state index in [-0.39, 0.29) is 10.1 Å². The van der Waals surface area contributed by atoms with Gasteiger partial charge in [-0.1, -0.05) is 41.5 Å². The average molecular weight is 381 g/mol. The molecule has 5 heteroatoms. The lowest BCUT2D eigenvalue weighted by Crippen LogP contribution is -2.44. The van der Waals surface area contributed by atoms with Crippen molar-refractivity contribution < 1.29 is 13.6 Å². The highest BCUT2D eigenvalue weighted by Gasteiger charge is 2.40. The molecule has 0 spiro atoms. The molecule has 0 bridgehead atoms. The monoisotopic (exact) mass is 380 g/mol. The SMILES string of the molecule is CC(C)(C)[Si](C)(C)Oc1ccc(O[Si](C)(C)C(C)(C)C)c(CC=O)c1. The van der Waals surface area contributed by atoms with Gasteiger partial charge in [0.15, 0.2) is 0 Å². The van der Waals surface area contributed by atoms with E-state index < -0.39 is 16.6 Å². The van der Waals surface area contributed by atoms with Gasteiger partial charge in [0.05, 0.1) is 0 Å². The summed E-state index contributed by atoms with van der Waals surface area (Å²) in [4.78, 5) is 11.2. The van der Waals surface area contributed by atoms with Crippen LogP contribution in [0.4, 0.5) is 0 Å². The molecule has 142 valence electrons. The molecule has 0 fully saturated rings. The van der Waals surface area contributed by atoms with E-state index in [0.717, 1.165) is 23.3 Å². The molecule has 0 heterocycles. The smallest absolute Gasteiger partial charge is 0.250 e. The molecule has 0 atom stereocenters. The van der Waals surface area contributed by atoms with Crippen molar-refractivity contribution in [3.63, 3.8) is 0 Å². The van der Waals surface area contributed by atoms with Crippen molar-refractivity contribution >= 4 is 22.9 Å². The van der Waals surface area contributed by atoms with Gasteiger partial charge in [0.2, 0.25) is 16.6 Å². The number of rotatable bonds is 6. The van der Waals surface area contributed by atoms with E-state index >= 15 is 0 Å². The van der Waals surface area contributed by atoms with Crippen molar-refractivity contribution in [2.75, 3.05) is 0 Å². The van der Waals surface area contributed by atoms with E-state index in [1.165, 1.54) is 0 Å². The molecule has 0 saturated heterocycles. The maximum atomic E-state index is 11.2. The largest absolute Gasteiger partial charge is 0.543 e. The fourth-order valence-corrected chi connectivity index (χ4v) is 3.92. The first-order valence-corrected chi connectivity index (χ1v) is 14.9. The van der Waals surface area contributed by atoms with Crippen molar-refractivity contribution in [1.82, 2.24) is 0 Å². The first kappa shape index (κ1) is 22.0. The van der Waals surface area contributed by atoms with E-state index in [1.807, 2.05) is 18.2 Å². The molecular formula is C20H36O3Si2. The van der Waals surface area contributed by atoms with Crippen molar-refractivity contribution in [1.29, 1.82) is 0 Å². The normalized spacial score (nSPS) is 13.5. The summed E-state index contributed by atoms with van der Waals surface area (Å²) < 4.78 is 12.8. The summed E-state index contributed by atoms with van der Waals surface area (Å²) in [6.07, 6.45) is 1.28. The Morgan fingerprint density at radius 2 is 1.36 bits per heavy atom. The van der Waals surface area contributed by atoms with Gasteiger partial charge in [-0.25, -0.2) is 0 Å². The van der Waals surface area contributed by atoms with E-state index in [2.05, 4.69) is 67.7 Å². The second-order valence-electron chi connectivity index (χ2n) is 9.87. The molecule has 1 aromatic carbocycles. The third-order valence-corrected chi connectivity index (χ3v) is 14.4. The molecule has 0 N–H and O–H groups in total. The van der Waals surface area contributed by atoms with Crippen LogP contribution in [0, 0.1) is 0 Å². The van der Waals surface area contributed by atoms with Crippen LogP contribution in [0.15, 0.2) is 18.2 Å². The van der Waals surface area contributed by atoms with Crippen LogP contribution in [0.5, 0.6) is 11.5 Å². The minimum atomic E-state index is -1.95. The fraction of sp³-hybridized carbons (Fsp3) is 0.650. The van der Waals surface area contributed by atoms with Crippen LogP contribution < -0.4 is 8.85 Å². The van der Waals surface area contributed by atoms with E-state index in [0.29, 0.717) is 6.42 Å². The number of benzene rings is 1. The Morgan fingerprint density at radius 3 is 1.80 bits per heavy atom. The van der Waals surface area contributed by atoms with Gasteiger partial charge in [0.1, 0.15) is 17.8 Å². The second kappa shape index (κ2) is 7.27. The Hall–Kier alpha value is -1.08. The first-order chi connectivity index (χ1) is 11.1. The van der Waals surface area contributed by atoms with E-state index in [4.69, 9.17) is 8.85 Å². The molecule has 25 heavy (non-hydrogen) atoms. The highest BCUT2D eigenvalue weighted by molar-refractivity contribution is 6.75. The minimum absolute atomic E-state index is 0.113. The number of carbonyl (C=O) groups excluding carboxylic acids is 1. The predicted molar refractivity (Wildman–Crippen MR) is 112 cm³/mol. The molecule has 0 unspecified atom stereocenters. The van der Waals surface area contributed by atoms with Crippen LogP contribution in [0.3, 0.4) is 0 Å². The lowest BCUT2D eigenvalue weighted by atomic mass is 10.1. The molecule has 0 aromatic heterocycles. The Kier molecular flexibility index (Phi) is 6.39. The maximum Gasteiger partial charge on any atom is 0.250 e. The number of hydrogen-bond acceptors (Lipinski definition) is 3. The molecule has 0 amide bonds. The van der Waals surface area contributed by atoms with E-state index in [1.54, 1.807) is 0 Å². The molecule has 0 aliphatic rings. The highest BCUT2D eigenvalue weighted by Crippen LogP contribution is 2.40. The van der Waals surface area contributed by atoms with Gasteiger partial charge < -0.3 is 13.6 Å². The molecule has 1 aromatic rings. The summed E-state index contributed by atoms with van der Waals surface area (Å²) in [5, 5.41) is 0.246. The molecule has 0 aliphatic heterocycles. The quantitative estimate of drug-likeness (QED) is 0.435. The van der Waals surface area contributed by atoms with Crippen LogP contribution in [0.25, 0.3) is 0 Å². The van der Waals surface area contributed by atoms with Crippen molar-refractivity contribution in [3.8, 4) is 11.5 Å². The first-order valence-electron chi connectivity index (χ1n) is 9.05. The zero-order valence-corrected chi connectivity index (χ0v) is 19.7. The van der Waals surface area contributed by atoms with Crippen LogP contribution in [0.1, 0.15) is 47.1 Å². The molecule has 0 radical (unpaired) electrons. The highest BCUT2D eigenvalue weighted by atomic mass is 28.4. The summed E-state index contributed by atoms with van der Waals surface area (Å²) in [5.74, 6) is 1.66. The third kappa shape index (κ3) is 5.45. The van der Waals surface area contributed by atoms with Gasteiger partial charge in [0.25, 0.3) is 0 Å². The van der Waals surface area contributed by atoms with Gasteiger partial charge in [-0.2, -0.15) is 0 Å². The lowest BCUT2D eigenvalue weighted by Gasteiger charge is -2.38. The van der Waals surface area contributed by atoms with Crippen molar-refractivity contribution in [2.45, 2.75) is 84.2 Å². The molecule has 3 nitrogen and oxygen atoms in total. The summed E-state index contributed by atoms with van der Waals surface area (Å²) >= 11 is 0. The Bertz CT molecular complexity index is 608. The van der Waals surface area contributed by atoms with Crippen LogP contribution in [-0.4, -0.2) is 22.9 Å². The Morgan fingerprint density at radius 1 is 0.880 bits per heavy atom. The van der Waals surface area contributed by atoms with Gasteiger partial charge >= 0.3 is 0 Å². The van der Waals surface area contributed by atoms with Gasteiger partial charge in [-0.3, -0.25) is 0 Å². The van der Waals surface area contributed by atoms with Gasteiger partial charge in [0, 0.05) is 12.0 Å². The zero-order valence-electron chi connectivity index (χ0n) is 17.7. The van der Waals surface area contributed by atoms with Crippen LogP contribution >= 0.6 is 0 Å². The van der Waals surface area contributed by atoms with Crippen molar-refractivity contribution in [3.05, 3.63) is 23.8 Å². The predicted octanol–water partition coefficient (Wildman–Crippen LogP) is 6.20. The zero-order chi connectivity index (χ0) is 19.7. The summed E-state index contributed by atoms with van der Waals surface area (Å²) in [7, 11) is -3.85. The second-order valence-corrected chi connectivity index (χ2v) is 19.3. The standard InChI is InChI=1S/C20H36O3Si2/c1-19(2,3)24(7,8)22-17-11-12-18(16(15-17)13-14-21)23-25(9,10)20(4,5)6/h11-12,14-15H,13H2,1-10H3. The number of carbonyl (C=O) groups is 1. The van der Waals surface area contributed by atoms with Gasteiger partial charge in [-0.15, -0.1) is 0 Å². The van der Waals surface area contributed by atoms with Crippen LogP contribution in [-0.2, 0) is 11.2 Å².